The third kappa shape index (κ3) is 4.88. The Labute approximate surface area is 98.2 Å². The zero-order valence-electron chi connectivity index (χ0n) is 10.5. The van der Waals surface area contributed by atoms with Gasteiger partial charge < -0.3 is 4.90 Å². The first-order valence-corrected chi connectivity index (χ1v) is 6.36. The molecule has 1 aliphatic heterocycles. The molecule has 0 aromatic rings. The Bertz CT molecular complexity index is 242. The van der Waals surface area contributed by atoms with Crippen LogP contribution in [0.2, 0.25) is 0 Å². The third-order valence-corrected chi connectivity index (χ3v) is 3.14. The predicted octanol–water partition coefficient (Wildman–Crippen LogP) is 2.05. The fraction of sp³-hybridized carbons (Fsp3) is 0.846. The van der Waals surface area contributed by atoms with Crippen LogP contribution >= 0.6 is 0 Å². The topological polar surface area (TPSA) is 37.4 Å². The van der Waals surface area contributed by atoms with Gasteiger partial charge in [-0.1, -0.05) is 13.8 Å². The quantitative estimate of drug-likeness (QED) is 0.622. The Hall–Kier alpha value is -0.700. The lowest BCUT2D eigenvalue weighted by atomic mass is 10.0. The Morgan fingerprint density at radius 2 is 1.81 bits per heavy atom. The maximum atomic E-state index is 11.5. The van der Waals surface area contributed by atoms with Crippen molar-refractivity contribution in [1.29, 1.82) is 0 Å². The van der Waals surface area contributed by atoms with Crippen molar-refractivity contribution in [2.45, 2.75) is 46.0 Å². The van der Waals surface area contributed by atoms with Gasteiger partial charge in [-0.25, -0.2) is 0 Å². The van der Waals surface area contributed by atoms with Gasteiger partial charge in [0.2, 0.25) is 0 Å². The molecule has 0 saturated carbocycles. The number of ketones is 2. The Balaban J connectivity index is 2.08. The average molecular weight is 225 g/mol. The van der Waals surface area contributed by atoms with E-state index in [0.29, 0.717) is 6.42 Å². The van der Waals surface area contributed by atoms with Gasteiger partial charge in [-0.05, 0) is 38.9 Å². The molecule has 3 heteroatoms. The van der Waals surface area contributed by atoms with E-state index in [0.717, 1.165) is 13.0 Å². The molecule has 0 bridgehead atoms. The van der Waals surface area contributed by atoms with E-state index in [1.807, 2.05) is 13.8 Å². The summed E-state index contributed by atoms with van der Waals surface area (Å²) in [6, 6.07) is 0. The first kappa shape index (κ1) is 13.4. The number of nitrogens with zero attached hydrogens (tertiary/aromatic N) is 1. The number of Topliss-reactive ketones (excluding diaryl/α,β-unsaturated/α-hetero) is 2. The molecule has 0 N–H and O–H groups in total. The molecule has 0 aliphatic carbocycles. The SMILES string of the molecule is CC(C)C(=O)CC(=O)CCCN1CCCC1. The number of hydrogen-bond acceptors (Lipinski definition) is 3. The van der Waals surface area contributed by atoms with Crippen LogP contribution in [0.5, 0.6) is 0 Å². The van der Waals surface area contributed by atoms with Gasteiger partial charge in [-0.2, -0.15) is 0 Å². The summed E-state index contributed by atoms with van der Waals surface area (Å²) in [5, 5.41) is 0. The Morgan fingerprint density at radius 1 is 1.19 bits per heavy atom. The highest BCUT2D eigenvalue weighted by Crippen LogP contribution is 2.09. The van der Waals surface area contributed by atoms with Crippen molar-refractivity contribution < 1.29 is 9.59 Å². The third-order valence-electron chi connectivity index (χ3n) is 3.14. The van der Waals surface area contributed by atoms with Crippen LogP contribution in [-0.2, 0) is 9.59 Å². The minimum Gasteiger partial charge on any atom is -0.303 e. The van der Waals surface area contributed by atoms with Gasteiger partial charge >= 0.3 is 0 Å². The van der Waals surface area contributed by atoms with Gasteiger partial charge in [-0.15, -0.1) is 0 Å². The molecule has 16 heavy (non-hydrogen) atoms. The Kier molecular flexibility index (Phi) is 5.67. The summed E-state index contributed by atoms with van der Waals surface area (Å²) in [5.74, 6) is 0.173. The maximum Gasteiger partial charge on any atom is 0.142 e. The number of hydrogen-bond donors (Lipinski definition) is 0. The molecule has 1 fully saturated rings. The van der Waals surface area contributed by atoms with E-state index in [1.165, 1.54) is 25.9 Å². The van der Waals surface area contributed by atoms with Crippen LogP contribution in [0.4, 0.5) is 0 Å². The average Bonchev–Trinajstić information content (AvgIpc) is 2.70. The highest BCUT2D eigenvalue weighted by Gasteiger charge is 2.14. The molecule has 0 unspecified atom stereocenters. The van der Waals surface area contributed by atoms with Crippen molar-refractivity contribution in [3.05, 3.63) is 0 Å². The molecular weight excluding hydrogens is 202 g/mol. The highest BCUT2D eigenvalue weighted by atomic mass is 16.1. The zero-order chi connectivity index (χ0) is 12.0. The van der Waals surface area contributed by atoms with Gasteiger partial charge in [0.05, 0.1) is 6.42 Å². The molecule has 1 rings (SSSR count). The van der Waals surface area contributed by atoms with Gasteiger partial charge in [0.25, 0.3) is 0 Å². The monoisotopic (exact) mass is 225 g/mol. The van der Waals surface area contributed by atoms with Crippen LogP contribution in [0.25, 0.3) is 0 Å². The Morgan fingerprint density at radius 3 is 2.38 bits per heavy atom. The minimum atomic E-state index is -0.0115. The lowest BCUT2D eigenvalue weighted by Crippen LogP contribution is -2.21. The second-order valence-electron chi connectivity index (χ2n) is 4.99. The predicted molar refractivity (Wildman–Crippen MR) is 64.4 cm³/mol. The van der Waals surface area contributed by atoms with Crippen molar-refractivity contribution in [3.63, 3.8) is 0 Å². The molecule has 1 aliphatic rings. The molecule has 1 saturated heterocycles. The maximum absolute atomic E-state index is 11.5. The molecule has 0 amide bonds. The molecule has 0 aromatic carbocycles. The number of rotatable bonds is 7. The second kappa shape index (κ2) is 6.79. The minimum absolute atomic E-state index is 0.0115. The van der Waals surface area contributed by atoms with Crippen molar-refractivity contribution in [2.24, 2.45) is 5.92 Å². The lowest BCUT2D eigenvalue weighted by molar-refractivity contribution is -0.128. The van der Waals surface area contributed by atoms with Gasteiger partial charge in [0.1, 0.15) is 11.6 Å². The molecule has 3 nitrogen and oxygen atoms in total. The fourth-order valence-electron chi connectivity index (χ4n) is 1.99. The molecule has 1 heterocycles. The van der Waals surface area contributed by atoms with Crippen LogP contribution < -0.4 is 0 Å². The second-order valence-corrected chi connectivity index (χ2v) is 4.99. The first-order valence-electron chi connectivity index (χ1n) is 6.36. The van der Waals surface area contributed by atoms with E-state index in [9.17, 15) is 9.59 Å². The van der Waals surface area contributed by atoms with Crippen LogP contribution in [0, 0.1) is 5.92 Å². The van der Waals surface area contributed by atoms with Crippen LogP contribution in [0.3, 0.4) is 0 Å². The van der Waals surface area contributed by atoms with Crippen LogP contribution in [0.1, 0.15) is 46.0 Å². The van der Waals surface area contributed by atoms with Crippen molar-refractivity contribution >= 4 is 11.6 Å². The number of carbonyl (C=O) groups is 2. The summed E-state index contributed by atoms with van der Waals surface area (Å²) in [6.45, 7) is 7.07. The summed E-state index contributed by atoms with van der Waals surface area (Å²) < 4.78 is 0. The number of likely N-dealkylation sites (tertiary alicyclic amines) is 1. The summed E-state index contributed by atoms with van der Waals surface area (Å²) in [7, 11) is 0. The largest absolute Gasteiger partial charge is 0.303 e. The molecule has 0 radical (unpaired) electrons. The van der Waals surface area contributed by atoms with E-state index < -0.39 is 0 Å². The molecule has 92 valence electrons. The lowest BCUT2D eigenvalue weighted by Gasteiger charge is -2.13. The van der Waals surface area contributed by atoms with Crippen molar-refractivity contribution in [1.82, 2.24) is 4.90 Å². The van der Waals surface area contributed by atoms with E-state index in [2.05, 4.69) is 4.90 Å². The summed E-state index contributed by atoms with van der Waals surface area (Å²) >= 11 is 0. The van der Waals surface area contributed by atoms with Gasteiger partial charge in [-0.3, -0.25) is 9.59 Å². The van der Waals surface area contributed by atoms with E-state index in [-0.39, 0.29) is 23.9 Å². The van der Waals surface area contributed by atoms with E-state index in [4.69, 9.17) is 0 Å². The standard InChI is InChI=1S/C13H23NO2/c1-11(2)13(16)10-12(15)6-5-9-14-7-3-4-8-14/h11H,3-10H2,1-2H3. The molecular formula is C13H23NO2. The summed E-state index contributed by atoms with van der Waals surface area (Å²) in [4.78, 5) is 25.2. The smallest absolute Gasteiger partial charge is 0.142 e. The van der Waals surface area contributed by atoms with E-state index >= 15 is 0 Å². The van der Waals surface area contributed by atoms with Crippen LogP contribution in [-0.4, -0.2) is 36.1 Å². The normalized spacial score (nSPS) is 16.9. The molecule has 0 atom stereocenters. The first-order chi connectivity index (χ1) is 7.59. The summed E-state index contributed by atoms with van der Waals surface area (Å²) in [5.41, 5.74) is 0. The molecule has 0 aromatic heterocycles. The molecule has 0 spiro atoms. The highest BCUT2D eigenvalue weighted by molar-refractivity contribution is 5.99. The van der Waals surface area contributed by atoms with Crippen LogP contribution in [0.15, 0.2) is 0 Å². The fourth-order valence-corrected chi connectivity index (χ4v) is 1.99. The zero-order valence-corrected chi connectivity index (χ0v) is 10.5. The van der Waals surface area contributed by atoms with Crippen molar-refractivity contribution in [3.8, 4) is 0 Å². The van der Waals surface area contributed by atoms with E-state index in [1.54, 1.807) is 0 Å². The van der Waals surface area contributed by atoms with Gasteiger partial charge in [0.15, 0.2) is 0 Å². The van der Waals surface area contributed by atoms with Gasteiger partial charge in [0, 0.05) is 12.3 Å². The number of carbonyl (C=O) groups excluding carboxylic acids is 2. The van der Waals surface area contributed by atoms with Crippen molar-refractivity contribution in [2.75, 3.05) is 19.6 Å². The summed E-state index contributed by atoms with van der Waals surface area (Å²) in [6.07, 6.45) is 4.19.